The zero-order valence-corrected chi connectivity index (χ0v) is 13.5. The minimum Gasteiger partial charge on any atom is -0.310 e. The van der Waals surface area contributed by atoms with Gasteiger partial charge in [-0.25, -0.2) is 0 Å². The van der Waals surface area contributed by atoms with Crippen LogP contribution in [0.15, 0.2) is 53.9 Å². The van der Waals surface area contributed by atoms with E-state index in [4.69, 9.17) is 11.6 Å². The van der Waals surface area contributed by atoms with Crippen LogP contribution in [0, 0.1) is 0 Å². The quantitative estimate of drug-likeness (QED) is 0.660. The lowest BCUT2D eigenvalue weighted by atomic mass is 9.98. The van der Waals surface area contributed by atoms with Crippen LogP contribution >= 0.6 is 22.9 Å². The van der Waals surface area contributed by atoms with Crippen molar-refractivity contribution in [2.45, 2.75) is 19.4 Å². The molecular weight excluding hydrogens is 298 g/mol. The molecule has 3 heteroatoms. The second-order valence-electron chi connectivity index (χ2n) is 5.09. The van der Waals surface area contributed by atoms with Gasteiger partial charge in [0.05, 0.1) is 0 Å². The molecule has 3 rings (SSSR count). The summed E-state index contributed by atoms with van der Waals surface area (Å²) in [6, 6.07) is 17.0. The zero-order valence-electron chi connectivity index (χ0n) is 12.0. The van der Waals surface area contributed by atoms with Gasteiger partial charge in [-0.05, 0) is 47.0 Å². The molecule has 1 atom stereocenters. The molecule has 1 aromatic heterocycles. The first-order valence-corrected chi connectivity index (χ1v) is 8.48. The highest BCUT2D eigenvalue weighted by Gasteiger charge is 2.16. The van der Waals surface area contributed by atoms with Gasteiger partial charge in [0.15, 0.2) is 0 Å². The molecule has 0 spiro atoms. The molecule has 21 heavy (non-hydrogen) atoms. The van der Waals surface area contributed by atoms with Crippen LogP contribution in [0.2, 0.25) is 5.02 Å². The minimum atomic E-state index is 0.297. The van der Waals surface area contributed by atoms with E-state index in [1.165, 1.54) is 21.2 Å². The third-order valence-electron chi connectivity index (χ3n) is 3.72. The Bertz CT molecular complexity index is 735. The van der Waals surface area contributed by atoms with Crippen LogP contribution in [0.3, 0.4) is 0 Å². The molecule has 0 aliphatic heterocycles. The number of rotatable bonds is 5. The van der Waals surface area contributed by atoms with Gasteiger partial charge in [-0.15, -0.1) is 11.3 Å². The fourth-order valence-corrected chi connectivity index (χ4v) is 3.92. The Morgan fingerprint density at radius 2 is 1.86 bits per heavy atom. The van der Waals surface area contributed by atoms with E-state index in [9.17, 15) is 0 Å². The molecule has 0 amide bonds. The van der Waals surface area contributed by atoms with Gasteiger partial charge in [0, 0.05) is 15.8 Å². The Kier molecular flexibility index (Phi) is 4.59. The van der Waals surface area contributed by atoms with Gasteiger partial charge in [0.2, 0.25) is 0 Å². The number of nitrogens with one attached hydrogen (secondary N) is 1. The Morgan fingerprint density at radius 3 is 2.67 bits per heavy atom. The van der Waals surface area contributed by atoms with E-state index in [-0.39, 0.29) is 0 Å². The standard InChI is InChI=1S/C18H18ClNS/c1-2-20-17(11-13-7-3-5-9-16(13)19)15-12-21-18-10-6-4-8-14(15)18/h3-10,12,17,20H,2,11H2,1H3. The van der Waals surface area contributed by atoms with Crippen molar-refractivity contribution in [1.29, 1.82) is 0 Å². The molecule has 1 N–H and O–H groups in total. The highest BCUT2D eigenvalue weighted by atomic mass is 35.5. The molecule has 0 saturated carbocycles. The van der Waals surface area contributed by atoms with E-state index >= 15 is 0 Å². The summed E-state index contributed by atoms with van der Waals surface area (Å²) >= 11 is 8.13. The molecule has 0 saturated heterocycles. The van der Waals surface area contributed by atoms with Crippen molar-refractivity contribution in [3.8, 4) is 0 Å². The van der Waals surface area contributed by atoms with Crippen molar-refractivity contribution in [2.24, 2.45) is 0 Å². The molecule has 1 unspecified atom stereocenters. The average Bonchev–Trinajstić information content (AvgIpc) is 2.93. The Labute approximate surface area is 134 Å². The maximum absolute atomic E-state index is 6.32. The van der Waals surface area contributed by atoms with Crippen molar-refractivity contribution in [3.63, 3.8) is 0 Å². The first kappa shape index (κ1) is 14.6. The first-order valence-electron chi connectivity index (χ1n) is 7.22. The Hall–Kier alpha value is -1.35. The van der Waals surface area contributed by atoms with Crippen LogP contribution < -0.4 is 5.32 Å². The summed E-state index contributed by atoms with van der Waals surface area (Å²) in [5, 5.41) is 8.07. The molecule has 0 radical (unpaired) electrons. The normalized spacial score (nSPS) is 12.7. The third-order valence-corrected chi connectivity index (χ3v) is 5.07. The molecule has 108 valence electrons. The van der Waals surface area contributed by atoms with Crippen molar-refractivity contribution in [3.05, 3.63) is 70.1 Å². The molecule has 0 fully saturated rings. The van der Waals surface area contributed by atoms with E-state index in [0.29, 0.717) is 6.04 Å². The lowest BCUT2D eigenvalue weighted by Gasteiger charge is -2.18. The summed E-state index contributed by atoms with van der Waals surface area (Å²) in [5.41, 5.74) is 2.57. The van der Waals surface area contributed by atoms with Crippen LogP contribution in [0.5, 0.6) is 0 Å². The predicted molar refractivity (Wildman–Crippen MR) is 93.4 cm³/mol. The maximum Gasteiger partial charge on any atom is 0.0438 e. The van der Waals surface area contributed by atoms with Gasteiger partial charge in [0.1, 0.15) is 0 Å². The lowest BCUT2D eigenvalue weighted by Crippen LogP contribution is -2.22. The van der Waals surface area contributed by atoms with Crippen molar-refractivity contribution in [1.82, 2.24) is 5.32 Å². The fraction of sp³-hybridized carbons (Fsp3) is 0.222. The molecule has 2 aromatic carbocycles. The smallest absolute Gasteiger partial charge is 0.0438 e. The molecule has 0 bridgehead atoms. The van der Waals surface area contributed by atoms with Crippen LogP contribution in [-0.4, -0.2) is 6.54 Å². The summed E-state index contributed by atoms with van der Waals surface area (Å²) in [4.78, 5) is 0. The van der Waals surface area contributed by atoms with Gasteiger partial charge < -0.3 is 5.32 Å². The molecule has 0 aliphatic carbocycles. The first-order chi connectivity index (χ1) is 10.3. The number of fused-ring (bicyclic) bond motifs is 1. The van der Waals surface area contributed by atoms with E-state index in [2.05, 4.69) is 54.0 Å². The molecule has 0 aliphatic rings. The minimum absolute atomic E-state index is 0.297. The highest BCUT2D eigenvalue weighted by Crippen LogP contribution is 2.32. The summed E-state index contributed by atoms with van der Waals surface area (Å²) < 4.78 is 1.34. The molecule has 1 heterocycles. The van der Waals surface area contributed by atoms with Gasteiger partial charge in [0.25, 0.3) is 0 Å². The van der Waals surface area contributed by atoms with Crippen molar-refractivity contribution < 1.29 is 0 Å². The van der Waals surface area contributed by atoms with Gasteiger partial charge in [-0.2, -0.15) is 0 Å². The number of thiophene rings is 1. The van der Waals surface area contributed by atoms with Crippen LogP contribution in [0.25, 0.3) is 10.1 Å². The summed E-state index contributed by atoms with van der Waals surface area (Å²) in [6.07, 6.45) is 0.911. The number of hydrogen-bond acceptors (Lipinski definition) is 2. The largest absolute Gasteiger partial charge is 0.310 e. The second kappa shape index (κ2) is 6.61. The van der Waals surface area contributed by atoms with E-state index in [1.807, 2.05) is 23.5 Å². The monoisotopic (exact) mass is 315 g/mol. The SMILES string of the molecule is CCNC(Cc1ccccc1Cl)c1csc2ccccc12. The number of benzene rings is 2. The molecular formula is C18H18ClNS. The van der Waals surface area contributed by atoms with E-state index < -0.39 is 0 Å². The van der Waals surface area contributed by atoms with Gasteiger partial charge >= 0.3 is 0 Å². The van der Waals surface area contributed by atoms with Crippen LogP contribution in [-0.2, 0) is 6.42 Å². The molecule has 3 aromatic rings. The lowest BCUT2D eigenvalue weighted by molar-refractivity contribution is 0.554. The van der Waals surface area contributed by atoms with Gasteiger partial charge in [-0.3, -0.25) is 0 Å². The molecule has 1 nitrogen and oxygen atoms in total. The number of hydrogen-bond donors (Lipinski definition) is 1. The van der Waals surface area contributed by atoms with E-state index in [0.717, 1.165) is 18.0 Å². The summed E-state index contributed by atoms with van der Waals surface area (Å²) in [5.74, 6) is 0. The fourth-order valence-electron chi connectivity index (χ4n) is 2.69. The van der Waals surface area contributed by atoms with E-state index in [1.54, 1.807) is 0 Å². The third kappa shape index (κ3) is 3.13. The van der Waals surface area contributed by atoms with Crippen molar-refractivity contribution >= 4 is 33.0 Å². The van der Waals surface area contributed by atoms with Crippen LogP contribution in [0.4, 0.5) is 0 Å². The van der Waals surface area contributed by atoms with Crippen LogP contribution in [0.1, 0.15) is 24.1 Å². The maximum atomic E-state index is 6.32. The predicted octanol–water partition coefficient (Wildman–Crippen LogP) is 5.45. The average molecular weight is 316 g/mol. The Balaban J connectivity index is 1.96. The van der Waals surface area contributed by atoms with Crippen molar-refractivity contribution in [2.75, 3.05) is 6.54 Å². The zero-order chi connectivity index (χ0) is 14.7. The van der Waals surface area contributed by atoms with Gasteiger partial charge in [-0.1, -0.05) is 54.9 Å². The number of likely N-dealkylation sites (N-methyl/N-ethyl adjacent to an activating group) is 1. The Morgan fingerprint density at radius 1 is 1.10 bits per heavy atom. The topological polar surface area (TPSA) is 12.0 Å². The summed E-state index contributed by atoms with van der Waals surface area (Å²) in [7, 11) is 0. The number of halogens is 1. The highest BCUT2D eigenvalue weighted by molar-refractivity contribution is 7.17. The second-order valence-corrected chi connectivity index (χ2v) is 6.41. The summed E-state index contributed by atoms with van der Waals surface area (Å²) in [6.45, 7) is 3.09.